The third-order valence-corrected chi connectivity index (χ3v) is 1.88. The second-order valence-electron chi connectivity index (χ2n) is 3.04. The van der Waals surface area contributed by atoms with Crippen LogP contribution in [-0.4, -0.2) is 15.8 Å². The van der Waals surface area contributed by atoms with Gasteiger partial charge in [0, 0.05) is 12.4 Å². The first-order chi connectivity index (χ1) is 7.86. The van der Waals surface area contributed by atoms with E-state index < -0.39 is 0 Å². The number of aromatic nitrogens is 2. The smallest absolute Gasteiger partial charge is 0.169 e. The molecule has 0 bridgehead atoms. The largest absolute Gasteiger partial charge is 0.380 e. The molecule has 0 saturated carbocycles. The summed E-state index contributed by atoms with van der Waals surface area (Å²) in [5.41, 5.74) is 9.13. The number of pyridine rings is 2. The third-order valence-electron chi connectivity index (χ3n) is 1.88. The molecule has 80 valence electrons. The Morgan fingerprint density at radius 3 is 2.44 bits per heavy atom. The molecule has 0 aliphatic heterocycles. The molecule has 0 unspecified atom stereocenters. The minimum atomic E-state index is 0.325. The van der Waals surface area contributed by atoms with Crippen LogP contribution in [0, 0.1) is 0 Å². The maximum atomic E-state index is 5.74. The van der Waals surface area contributed by atoms with Crippen molar-refractivity contribution < 1.29 is 0 Å². The van der Waals surface area contributed by atoms with Gasteiger partial charge < -0.3 is 5.73 Å². The average Bonchev–Trinajstić information content (AvgIpc) is 2.38. The summed E-state index contributed by atoms with van der Waals surface area (Å²) in [5, 5.41) is 3.98. The molecular formula is C11H11N5. The van der Waals surface area contributed by atoms with Crippen LogP contribution in [0.1, 0.15) is 5.69 Å². The van der Waals surface area contributed by atoms with E-state index in [0.29, 0.717) is 17.3 Å². The molecule has 0 radical (unpaired) electrons. The zero-order chi connectivity index (χ0) is 11.2. The fourth-order valence-corrected chi connectivity index (χ4v) is 1.12. The lowest BCUT2D eigenvalue weighted by molar-refractivity contribution is 1.20. The van der Waals surface area contributed by atoms with Crippen LogP contribution in [0.2, 0.25) is 0 Å². The lowest BCUT2D eigenvalue weighted by Gasteiger charge is -2.01. The number of nitrogens with one attached hydrogen (secondary N) is 1. The lowest BCUT2D eigenvalue weighted by atomic mass is 10.3. The minimum Gasteiger partial charge on any atom is -0.380 e. The van der Waals surface area contributed by atoms with Crippen molar-refractivity contribution in [3.63, 3.8) is 0 Å². The predicted molar refractivity (Wildman–Crippen MR) is 62.8 cm³/mol. The highest BCUT2D eigenvalue weighted by Crippen LogP contribution is 2.00. The van der Waals surface area contributed by atoms with Crippen molar-refractivity contribution in [3.8, 4) is 0 Å². The summed E-state index contributed by atoms with van der Waals surface area (Å²) in [4.78, 5) is 8.12. The first-order valence-electron chi connectivity index (χ1n) is 4.78. The number of anilines is 1. The van der Waals surface area contributed by atoms with E-state index in [4.69, 9.17) is 5.73 Å². The van der Waals surface area contributed by atoms with Crippen molar-refractivity contribution in [1.82, 2.24) is 9.97 Å². The van der Waals surface area contributed by atoms with Crippen molar-refractivity contribution in [3.05, 3.63) is 54.5 Å². The third kappa shape index (κ3) is 2.54. The van der Waals surface area contributed by atoms with Gasteiger partial charge in [-0.15, -0.1) is 0 Å². The van der Waals surface area contributed by atoms with E-state index in [1.807, 2.05) is 24.3 Å². The van der Waals surface area contributed by atoms with Crippen molar-refractivity contribution in [2.24, 2.45) is 10.8 Å². The summed E-state index contributed by atoms with van der Waals surface area (Å²) in [6.45, 7) is 0. The molecule has 0 amide bonds. The van der Waals surface area contributed by atoms with Gasteiger partial charge in [0.25, 0.3) is 0 Å². The second kappa shape index (κ2) is 4.88. The van der Waals surface area contributed by atoms with E-state index in [1.54, 1.807) is 24.5 Å². The Kier molecular flexibility index (Phi) is 3.08. The van der Waals surface area contributed by atoms with Crippen LogP contribution in [-0.2, 0) is 0 Å². The molecule has 3 N–H and O–H groups in total. The first-order valence-corrected chi connectivity index (χ1v) is 4.78. The van der Waals surface area contributed by atoms with Gasteiger partial charge in [0.15, 0.2) is 5.84 Å². The number of hydrogen-bond acceptors (Lipinski definition) is 4. The second-order valence-corrected chi connectivity index (χ2v) is 3.04. The molecule has 0 aliphatic carbocycles. The SMILES string of the molecule is N/C(=N\Nc1ccccn1)c1ccccn1. The van der Waals surface area contributed by atoms with Gasteiger partial charge in [0.05, 0.1) is 0 Å². The van der Waals surface area contributed by atoms with Crippen LogP contribution in [0.5, 0.6) is 0 Å². The number of amidine groups is 1. The van der Waals surface area contributed by atoms with E-state index in [-0.39, 0.29) is 0 Å². The summed E-state index contributed by atoms with van der Waals surface area (Å²) in [6.07, 6.45) is 3.34. The van der Waals surface area contributed by atoms with Crippen LogP contribution in [0.25, 0.3) is 0 Å². The number of nitrogens with zero attached hydrogens (tertiary/aromatic N) is 3. The Labute approximate surface area is 93.0 Å². The maximum absolute atomic E-state index is 5.74. The van der Waals surface area contributed by atoms with Crippen LogP contribution in [0.4, 0.5) is 5.82 Å². The standard InChI is InChI=1S/C11H11N5/c12-11(9-5-1-3-7-13-9)16-15-10-6-2-4-8-14-10/h1-8H,(H2,12,16)(H,14,15). The molecule has 16 heavy (non-hydrogen) atoms. The summed E-state index contributed by atoms with van der Waals surface area (Å²) in [7, 11) is 0. The fraction of sp³-hybridized carbons (Fsp3) is 0. The van der Waals surface area contributed by atoms with Crippen molar-refractivity contribution >= 4 is 11.7 Å². The van der Waals surface area contributed by atoms with Gasteiger partial charge in [-0.3, -0.25) is 10.4 Å². The van der Waals surface area contributed by atoms with Gasteiger partial charge in [-0.2, -0.15) is 5.10 Å². The number of nitrogens with two attached hydrogens (primary N) is 1. The molecule has 2 rings (SSSR count). The van der Waals surface area contributed by atoms with E-state index in [9.17, 15) is 0 Å². The Morgan fingerprint density at radius 1 is 1.06 bits per heavy atom. The Balaban J connectivity index is 2.09. The molecule has 0 fully saturated rings. The Morgan fingerprint density at radius 2 is 1.81 bits per heavy atom. The number of rotatable bonds is 3. The molecule has 0 aromatic carbocycles. The molecule has 2 aromatic heterocycles. The summed E-state index contributed by atoms with van der Waals surface area (Å²) < 4.78 is 0. The normalized spacial score (nSPS) is 11.1. The zero-order valence-corrected chi connectivity index (χ0v) is 8.54. The van der Waals surface area contributed by atoms with Crippen LogP contribution < -0.4 is 11.2 Å². The first kappa shape index (κ1) is 10.1. The van der Waals surface area contributed by atoms with Gasteiger partial charge >= 0.3 is 0 Å². The molecule has 0 spiro atoms. The van der Waals surface area contributed by atoms with E-state index in [1.165, 1.54) is 0 Å². The van der Waals surface area contributed by atoms with E-state index in [0.717, 1.165) is 0 Å². The van der Waals surface area contributed by atoms with Crippen molar-refractivity contribution in [2.75, 3.05) is 5.43 Å². The van der Waals surface area contributed by atoms with Crippen LogP contribution in [0.15, 0.2) is 53.9 Å². The molecule has 0 atom stereocenters. The quantitative estimate of drug-likeness (QED) is 0.456. The van der Waals surface area contributed by atoms with E-state index in [2.05, 4.69) is 20.5 Å². The molecule has 5 heteroatoms. The monoisotopic (exact) mass is 213 g/mol. The molecular weight excluding hydrogens is 202 g/mol. The van der Waals surface area contributed by atoms with E-state index >= 15 is 0 Å². The topological polar surface area (TPSA) is 76.2 Å². The van der Waals surface area contributed by atoms with Gasteiger partial charge in [-0.05, 0) is 24.3 Å². The minimum absolute atomic E-state index is 0.325. The lowest BCUT2D eigenvalue weighted by Crippen LogP contribution is -2.16. The average molecular weight is 213 g/mol. The molecule has 5 nitrogen and oxygen atoms in total. The predicted octanol–water partition coefficient (Wildman–Crippen LogP) is 1.21. The maximum Gasteiger partial charge on any atom is 0.169 e. The van der Waals surface area contributed by atoms with Gasteiger partial charge in [-0.25, -0.2) is 4.98 Å². The molecule has 0 saturated heterocycles. The molecule has 2 heterocycles. The number of hydrogen-bond donors (Lipinski definition) is 2. The van der Waals surface area contributed by atoms with Gasteiger partial charge in [0.1, 0.15) is 11.5 Å². The highest BCUT2D eigenvalue weighted by atomic mass is 15.3. The molecule has 2 aromatic rings. The Hall–Kier alpha value is -2.43. The Bertz CT molecular complexity index is 466. The summed E-state index contributed by atoms with van der Waals surface area (Å²) >= 11 is 0. The molecule has 0 aliphatic rings. The fourth-order valence-electron chi connectivity index (χ4n) is 1.12. The highest BCUT2D eigenvalue weighted by Gasteiger charge is 1.97. The summed E-state index contributed by atoms with van der Waals surface area (Å²) in [6, 6.07) is 11.0. The van der Waals surface area contributed by atoms with Gasteiger partial charge in [0.2, 0.25) is 0 Å². The van der Waals surface area contributed by atoms with Crippen LogP contribution >= 0.6 is 0 Å². The van der Waals surface area contributed by atoms with Crippen molar-refractivity contribution in [1.29, 1.82) is 0 Å². The number of hydrazone groups is 1. The van der Waals surface area contributed by atoms with Crippen molar-refractivity contribution in [2.45, 2.75) is 0 Å². The zero-order valence-electron chi connectivity index (χ0n) is 8.54. The van der Waals surface area contributed by atoms with Gasteiger partial charge in [-0.1, -0.05) is 12.1 Å². The highest BCUT2D eigenvalue weighted by molar-refractivity contribution is 5.95. The summed E-state index contributed by atoms with van der Waals surface area (Å²) in [5.74, 6) is 0.965. The van der Waals surface area contributed by atoms with Crippen LogP contribution in [0.3, 0.4) is 0 Å².